The van der Waals surface area contributed by atoms with Crippen molar-refractivity contribution in [2.75, 3.05) is 0 Å². The Kier molecular flexibility index (Phi) is 4.53. The van der Waals surface area contributed by atoms with Crippen molar-refractivity contribution in [2.45, 2.75) is 32.4 Å². The molecule has 2 atom stereocenters. The Morgan fingerprint density at radius 2 is 1.89 bits per heavy atom. The average molecular weight is 256 g/mol. The molecule has 0 saturated carbocycles. The Labute approximate surface area is 114 Å². The first-order chi connectivity index (χ1) is 9.22. The number of aromatic nitrogens is 1. The van der Waals surface area contributed by atoms with E-state index in [9.17, 15) is 5.11 Å². The third-order valence-corrected chi connectivity index (χ3v) is 3.30. The summed E-state index contributed by atoms with van der Waals surface area (Å²) in [6, 6.07) is 13.7. The van der Waals surface area contributed by atoms with Crippen LogP contribution < -0.4 is 5.32 Å². The molecule has 2 rings (SSSR count). The predicted molar refractivity (Wildman–Crippen MR) is 76.9 cm³/mol. The zero-order valence-corrected chi connectivity index (χ0v) is 11.4. The fraction of sp³-hybridized carbons (Fsp3) is 0.312. The lowest BCUT2D eigenvalue weighted by Gasteiger charge is -2.23. The highest BCUT2D eigenvalue weighted by Crippen LogP contribution is 2.27. The number of hydrogen-bond acceptors (Lipinski definition) is 3. The second-order valence-electron chi connectivity index (χ2n) is 4.66. The molecule has 100 valence electrons. The van der Waals surface area contributed by atoms with E-state index < -0.39 is 0 Å². The van der Waals surface area contributed by atoms with E-state index in [4.69, 9.17) is 0 Å². The standard InChI is InChI=1S/C16H20N2O/c1-3-14(13-8-4-5-10-16(13)19)18-12(2)15-9-6-7-11-17-15/h4-12,14,18-19H,3H2,1-2H3. The number of phenolic OH excluding ortho intramolecular Hbond substituents is 1. The molecule has 0 aliphatic rings. The van der Waals surface area contributed by atoms with Gasteiger partial charge in [0.2, 0.25) is 0 Å². The molecule has 3 nitrogen and oxygen atoms in total. The molecule has 0 aliphatic heterocycles. The molecule has 3 heteroatoms. The zero-order chi connectivity index (χ0) is 13.7. The molecule has 0 bridgehead atoms. The van der Waals surface area contributed by atoms with Crippen LogP contribution in [0.15, 0.2) is 48.7 Å². The molecule has 1 aromatic heterocycles. The Morgan fingerprint density at radius 3 is 2.53 bits per heavy atom. The minimum Gasteiger partial charge on any atom is -0.508 e. The van der Waals surface area contributed by atoms with Gasteiger partial charge in [-0.05, 0) is 31.5 Å². The van der Waals surface area contributed by atoms with Crippen LogP contribution in [0.2, 0.25) is 0 Å². The number of benzene rings is 1. The van der Waals surface area contributed by atoms with Gasteiger partial charge in [0, 0.05) is 23.8 Å². The third kappa shape index (κ3) is 3.32. The highest BCUT2D eigenvalue weighted by Gasteiger charge is 2.16. The molecule has 1 aromatic carbocycles. The van der Waals surface area contributed by atoms with Crippen LogP contribution in [-0.2, 0) is 0 Å². The van der Waals surface area contributed by atoms with Crippen molar-refractivity contribution in [1.82, 2.24) is 10.3 Å². The van der Waals surface area contributed by atoms with Crippen molar-refractivity contribution in [3.63, 3.8) is 0 Å². The number of para-hydroxylation sites is 1. The summed E-state index contributed by atoms with van der Waals surface area (Å²) in [4.78, 5) is 4.36. The number of nitrogens with zero attached hydrogens (tertiary/aromatic N) is 1. The lowest BCUT2D eigenvalue weighted by Crippen LogP contribution is -2.24. The van der Waals surface area contributed by atoms with Gasteiger partial charge < -0.3 is 10.4 Å². The molecule has 2 aromatic rings. The minimum atomic E-state index is 0.123. The van der Waals surface area contributed by atoms with E-state index in [1.54, 1.807) is 12.3 Å². The maximum Gasteiger partial charge on any atom is 0.120 e. The number of phenols is 1. The van der Waals surface area contributed by atoms with Gasteiger partial charge in [0.15, 0.2) is 0 Å². The molecule has 19 heavy (non-hydrogen) atoms. The molecule has 0 amide bonds. The average Bonchev–Trinajstić information content (AvgIpc) is 2.46. The Balaban J connectivity index is 2.14. The van der Waals surface area contributed by atoms with Crippen LogP contribution >= 0.6 is 0 Å². The monoisotopic (exact) mass is 256 g/mol. The first-order valence-electron chi connectivity index (χ1n) is 6.67. The van der Waals surface area contributed by atoms with E-state index in [1.165, 1.54) is 0 Å². The van der Waals surface area contributed by atoms with Crippen LogP contribution in [0.3, 0.4) is 0 Å². The van der Waals surface area contributed by atoms with Crippen molar-refractivity contribution in [3.05, 3.63) is 59.9 Å². The minimum absolute atomic E-state index is 0.123. The van der Waals surface area contributed by atoms with Gasteiger partial charge in [-0.3, -0.25) is 4.98 Å². The first kappa shape index (κ1) is 13.6. The highest BCUT2D eigenvalue weighted by atomic mass is 16.3. The van der Waals surface area contributed by atoms with E-state index in [1.807, 2.05) is 36.4 Å². The van der Waals surface area contributed by atoms with E-state index >= 15 is 0 Å². The molecule has 0 fully saturated rings. The second kappa shape index (κ2) is 6.34. The van der Waals surface area contributed by atoms with Gasteiger partial charge in [-0.15, -0.1) is 0 Å². The van der Waals surface area contributed by atoms with Gasteiger partial charge in [-0.2, -0.15) is 0 Å². The van der Waals surface area contributed by atoms with E-state index in [2.05, 4.69) is 24.1 Å². The number of rotatable bonds is 5. The lowest BCUT2D eigenvalue weighted by molar-refractivity contribution is 0.416. The Hall–Kier alpha value is -1.87. The maximum absolute atomic E-state index is 9.94. The molecular formula is C16H20N2O. The second-order valence-corrected chi connectivity index (χ2v) is 4.66. The molecule has 2 unspecified atom stereocenters. The number of aromatic hydroxyl groups is 1. The zero-order valence-electron chi connectivity index (χ0n) is 11.4. The van der Waals surface area contributed by atoms with Crippen LogP contribution in [0.5, 0.6) is 5.75 Å². The van der Waals surface area contributed by atoms with Crippen molar-refractivity contribution < 1.29 is 5.11 Å². The maximum atomic E-state index is 9.94. The van der Waals surface area contributed by atoms with Crippen molar-refractivity contribution in [3.8, 4) is 5.75 Å². The molecule has 1 heterocycles. The van der Waals surface area contributed by atoms with Crippen molar-refractivity contribution >= 4 is 0 Å². The van der Waals surface area contributed by atoms with Gasteiger partial charge in [0.25, 0.3) is 0 Å². The summed E-state index contributed by atoms with van der Waals surface area (Å²) in [5, 5.41) is 13.5. The molecule has 0 saturated heterocycles. The summed E-state index contributed by atoms with van der Waals surface area (Å²) in [6.45, 7) is 4.19. The third-order valence-electron chi connectivity index (χ3n) is 3.30. The molecular weight excluding hydrogens is 236 g/mol. The van der Waals surface area contributed by atoms with Gasteiger partial charge in [-0.1, -0.05) is 31.2 Å². The van der Waals surface area contributed by atoms with Gasteiger partial charge in [0.1, 0.15) is 5.75 Å². The number of hydrogen-bond donors (Lipinski definition) is 2. The summed E-state index contributed by atoms with van der Waals surface area (Å²) in [7, 11) is 0. The van der Waals surface area contributed by atoms with Gasteiger partial charge >= 0.3 is 0 Å². The van der Waals surface area contributed by atoms with Crippen LogP contribution in [0, 0.1) is 0 Å². The summed E-state index contributed by atoms with van der Waals surface area (Å²) < 4.78 is 0. The Bertz CT molecular complexity index is 513. The number of nitrogens with one attached hydrogen (secondary N) is 1. The summed E-state index contributed by atoms with van der Waals surface area (Å²) in [5.41, 5.74) is 1.95. The molecule has 2 N–H and O–H groups in total. The predicted octanol–water partition coefficient (Wildman–Crippen LogP) is 3.59. The molecule has 0 spiro atoms. The van der Waals surface area contributed by atoms with E-state index in [0.29, 0.717) is 5.75 Å². The fourth-order valence-corrected chi connectivity index (χ4v) is 2.23. The van der Waals surface area contributed by atoms with E-state index in [0.717, 1.165) is 17.7 Å². The van der Waals surface area contributed by atoms with Crippen LogP contribution in [0.4, 0.5) is 0 Å². The lowest BCUT2D eigenvalue weighted by atomic mass is 10.0. The summed E-state index contributed by atoms with van der Waals surface area (Å²) in [5.74, 6) is 0.343. The highest BCUT2D eigenvalue weighted by molar-refractivity contribution is 5.34. The largest absolute Gasteiger partial charge is 0.508 e. The van der Waals surface area contributed by atoms with Crippen molar-refractivity contribution in [1.29, 1.82) is 0 Å². The Morgan fingerprint density at radius 1 is 1.16 bits per heavy atom. The SMILES string of the molecule is CCC(NC(C)c1ccccn1)c1ccccc1O. The summed E-state index contributed by atoms with van der Waals surface area (Å²) in [6.07, 6.45) is 2.71. The topological polar surface area (TPSA) is 45.2 Å². The van der Waals surface area contributed by atoms with Gasteiger partial charge in [-0.25, -0.2) is 0 Å². The smallest absolute Gasteiger partial charge is 0.120 e. The van der Waals surface area contributed by atoms with Crippen LogP contribution in [0.1, 0.15) is 43.6 Å². The van der Waals surface area contributed by atoms with Crippen molar-refractivity contribution in [2.24, 2.45) is 0 Å². The quantitative estimate of drug-likeness (QED) is 0.859. The first-order valence-corrected chi connectivity index (χ1v) is 6.67. The van der Waals surface area contributed by atoms with Crippen LogP contribution in [-0.4, -0.2) is 10.1 Å². The van der Waals surface area contributed by atoms with E-state index in [-0.39, 0.29) is 12.1 Å². The molecule has 0 radical (unpaired) electrons. The fourth-order valence-electron chi connectivity index (χ4n) is 2.23. The normalized spacial score (nSPS) is 14.0. The number of pyridine rings is 1. The molecule has 0 aliphatic carbocycles. The van der Waals surface area contributed by atoms with Crippen LogP contribution in [0.25, 0.3) is 0 Å². The van der Waals surface area contributed by atoms with Gasteiger partial charge in [0.05, 0.1) is 5.69 Å². The summed E-state index contributed by atoms with van der Waals surface area (Å²) >= 11 is 0.